The zero-order chi connectivity index (χ0) is 26.6. The van der Waals surface area contributed by atoms with Crippen LogP contribution in [-0.4, -0.2) is 80.6 Å². The number of fused-ring (bicyclic) bond motifs is 1. The summed E-state index contributed by atoms with van der Waals surface area (Å²) >= 11 is 1.70. The molecule has 3 heterocycles. The number of carbonyl (C=O) groups is 3. The molecule has 1 N–H and O–H groups in total. The van der Waals surface area contributed by atoms with Crippen molar-refractivity contribution in [2.24, 2.45) is 11.8 Å². The molecule has 2 bridgehead atoms. The van der Waals surface area contributed by atoms with E-state index in [-0.39, 0.29) is 30.4 Å². The Kier molecular flexibility index (Phi) is 9.10. The van der Waals surface area contributed by atoms with E-state index >= 15 is 0 Å². The maximum absolute atomic E-state index is 14.5. The van der Waals surface area contributed by atoms with Crippen LogP contribution in [0.15, 0.2) is 25.3 Å². The number of ether oxygens (including phenoxy) is 1. The molecule has 4 fully saturated rings. The highest BCUT2D eigenvalue weighted by atomic mass is 32.2. The zero-order valence-corrected chi connectivity index (χ0v) is 23.2. The van der Waals surface area contributed by atoms with Gasteiger partial charge in [-0.2, -0.15) is 0 Å². The van der Waals surface area contributed by atoms with Crippen molar-refractivity contribution in [2.45, 2.75) is 99.1 Å². The number of amides is 2. The highest BCUT2D eigenvalue weighted by Crippen LogP contribution is 2.71. The molecule has 1 aliphatic carbocycles. The lowest BCUT2D eigenvalue weighted by atomic mass is 9.66. The number of unbranched alkanes of at least 4 members (excludes halogenated alkanes) is 2. The summed E-state index contributed by atoms with van der Waals surface area (Å²) in [4.78, 5) is 45.8. The Labute approximate surface area is 226 Å². The van der Waals surface area contributed by atoms with Gasteiger partial charge in [0.05, 0.1) is 23.2 Å². The summed E-state index contributed by atoms with van der Waals surface area (Å²) in [5, 5.41) is 9.38. The molecule has 4 aliphatic rings. The molecular formula is C29H44N2O5S. The third kappa shape index (κ3) is 5.12. The van der Waals surface area contributed by atoms with E-state index in [9.17, 15) is 19.5 Å². The van der Waals surface area contributed by atoms with Crippen LogP contribution >= 0.6 is 11.8 Å². The third-order valence-corrected chi connectivity index (χ3v) is 11.0. The van der Waals surface area contributed by atoms with E-state index in [4.69, 9.17) is 4.74 Å². The van der Waals surface area contributed by atoms with Gasteiger partial charge in [-0.05, 0) is 58.3 Å². The minimum absolute atomic E-state index is 0.00315. The van der Waals surface area contributed by atoms with Crippen molar-refractivity contribution in [2.75, 3.05) is 26.3 Å². The van der Waals surface area contributed by atoms with Gasteiger partial charge in [0, 0.05) is 30.5 Å². The summed E-state index contributed by atoms with van der Waals surface area (Å²) in [6, 6.07) is -0.440. The molecule has 8 heteroatoms. The second-order valence-corrected chi connectivity index (χ2v) is 13.3. The number of carbonyl (C=O) groups excluding carboxylic acids is 3. The lowest BCUT2D eigenvalue weighted by Crippen LogP contribution is -2.57. The fraction of sp³-hybridized carbons (Fsp3) is 0.759. The summed E-state index contributed by atoms with van der Waals surface area (Å²) in [5.74, 6) is -1.50. The fourth-order valence-electron chi connectivity index (χ4n) is 7.30. The van der Waals surface area contributed by atoms with Crippen LogP contribution < -0.4 is 0 Å². The van der Waals surface area contributed by atoms with E-state index in [2.05, 4.69) is 20.1 Å². The van der Waals surface area contributed by atoms with Crippen LogP contribution in [0.2, 0.25) is 0 Å². The number of hydrogen-bond acceptors (Lipinski definition) is 6. The highest BCUT2D eigenvalue weighted by Gasteiger charge is 2.77. The number of thioether (sulfide) groups is 1. The Bertz CT molecular complexity index is 890. The van der Waals surface area contributed by atoms with Crippen molar-refractivity contribution in [3.8, 4) is 0 Å². The van der Waals surface area contributed by atoms with E-state index in [0.29, 0.717) is 39.0 Å². The molecular weight excluding hydrogens is 488 g/mol. The molecule has 0 aromatic carbocycles. The topological polar surface area (TPSA) is 87.1 Å². The third-order valence-electron chi connectivity index (χ3n) is 8.99. The van der Waals surface area contributed by atoms with Crippen LogP contribution in [0.25, 0.3) is 0 Å². The largest absolute Gasteiger partial charge is 0.465 e. The number of aliphatic hydroxyl groups is 1. The number of nitrogens with zero attached hydrogens (tertiary/aromatic N) is 2. The minimum atomic E-state index is -0.624. The number of esters is 1. The van der Waals surface area contributed by atoms with Crippen molar-refractivity contribution in [1.29, 1.82) is 0 Å². The smallest absolute Gasteiger partial charge is 0.311 e. The van der Waals surface area contributed by atoms with Crippen LogP contribution in [0.1, 0.15) is 77.6 Å². The average molecular weight is 533 g/mol. The molecule has 3 saturated heterocycles. The molecule has 206 valence electrons. The van der Waals surface area contributed by atoms with Gasteiger partial charge >= 0.3 is 5.97 Å². The fourth-order valence-corrected chi connectivity index (χ4v) is 9.63. The number of allylic oxidation sites excluding steroid dienone is 1. The molecule has 0 aromatic heterocycles. The van der Waals surface area contributed by atoms with E-state index in [0.717, 1.165) is 44.9 Å². The molecule has 3 aliphatic heterocycles. The normalized spacial score (nSPS) is 32.9. The second kappa shape index (κ2) is 11.9. The van der Waals surface area contributed by atoms with Crippen LogP contribution in [0.5, 0.6) is 0 Å². The SMILES string of the molecule is C=CCCCOC(=O)[C@H]1[C@H]2C(=O)N(CCCCO)C(C(=O)N(CC=C)C3CCCCC3)C23CC[C@]1(C)S3. The molecule has 4 rings (SSSR count). The summed E-state index contributed by atoms with van der Waals surface area (Å²) < 4.78 is 4.66. The summed E-state index contributed by atoms with van der Waals surface area (Å²) in [7, 11) is 0. The van der Waals surface area contributed by atoms with Crippen LogP contribution in [0.4, 0.5) is 0 Å². The Hall–Kier alpha value is -1.80. The van der Waals surface area contributed by atoms with Crippen molar-refractivity contribution < 1.29 is 24.2 Å². The predicted molar refractivity (Wildman–Crippen MR) is 146 cm³/mol. The van der Waals surface area contributed by atoms with Crippen molar-refractivity contribution in [3.63, 3.8) is 0 Å². The van der Waals surface area contributed by atoms with Crippen molar-refractivity contribution in [3.05, 3.63) is 25.3 Å². The highest BCUT2D eigenvalue weighted by molar-refractivity contribution is 8.02. The molecule has 0 radical (unpaired) electrons. The van der Waals surface area contributed by atoms with Gasteiger partial charge in [0.2, 0.25) is 11.8 Å². The Balaban J connectivity index is 1.66. The Morgan fingerprint density at radius 1 is 1.16 bits per heavy atom. The van der Waals surface area contributed by atoms with E-state index in [1.807, 2.05) is 4.90 Å². The first-order chi connectivity index (χ1) is 17.8. The van der Waals surface area contributed by atoms with E-state index < -0.39 is 27.4 Å². The first-order valence-corrected chi connectivity index (χ1v) is 15.0. The molecule has 1 saturated carbocycles. The molecule has 37 heavy (non-hydrogen) atoms. The van der Waals surface area contributed by atoms with Crippen LogP contribution in [0, 0.1) is 11.8 Å². The maximum atomic E-state index is 14.5. The van der Waals surface area contributed by atoms with Gasteiger partial charge in [-0.3, -0.25) is 14.4 Å². The number of rotatable bonds is 13. The van der Waals surface area contributed by atoms with Gasteiger partial charge in [-0.1, -0.05) is 31.4 Å². The van der Waals surface area contributed by atoms with Gasteiger partial charge in [-0.25, -0.2) is 0 Å². The van der Waals surface area contributed by atoms with Crippen LogP contribution in [0.3, 0.4) is 0 Å². The molecule has 1 spiro atoms. The minimum Gasteiger partial charge on any atom is -0.465 e. The zero-order valence-electron chi connectivity index (χ0n) is 22.4. The monoisotopic (exact) mass is 532 g/mol. The summed E-state index contributed by atoms with van der Waals surface area (Å²) in [6.07, 6.45) is 13.2. The average Bonchev–Trinajstić information content (AvgIpc) is 3.46. The molecule has 2 unspecified atom stereocenters. The summed E-state index contributed by atoms with van der Waals surface area (Å²) in [5.41, 5.74) is 0. The quantitative estimate of drug-likeness (QED) is 0.218. The maximum Gasteiger partial charge on any atom is 0.311 e. The van der Waals surface area contributed by atoms with E-state index in [1.54, 1.807) is 28.8 Å². The van der Waals surface area contributed by atoms with Crippen LogP contribution in [-0.2, 0) is 19.1 Å². The van der Waals surface area contributed by atoms with Gasteiger partial charge in [0.25, 0.3) is 0 Å². The molecule has 0 aromatic rings. The molecule has 7 nitrogen and oxygen atoms in total. The lowest BCUT2D eigenvalue weighted by Gasteiger charge is -2.41. The van der Waals surface area contributed by atoms with Gasteiger partial charge in [0.15, 0.2) is 0 Å². The first kappa shape index (κ1) is 28.2. The van der Waals surface area contributed by atoms with Crippen molar-refractivity contribution >= 4 is 29.5 Å². The van der Waals surface area contributed by atoms with Gasteiger partial charge < -0.3 is 19.6 Å². The first-order valence-electron chi connectivity index (χ1n) is 14.1. The molecule has 2 amide bonds. The number of hydrogen-bond donors (Lipinski definition) is 1. The Morgan fingerprint density at radius 2 is 1.92 bits per heavy atom. The Morgan fingerprint density at radius 3 is 2.59 bits per heavy atom. The standard InChI is InChI=1S/C29H44N2O5S/c1-4-6-12-20-36-27(35)23-22-25(33)31(18-10-11-19-32)24(29(22)16-15-28(23,3)37-29)26(34)30(17-5-2)21-13-8-7-9-14-21/h4-5,21-24,32H,1-2,6-20H2,3H3/t22-,23+,24?,28-,29?/m0/s1. The van der Waals surface area contributed by atoms with Crippen molar-refractivity contribution in [1.82, 2.24) is 9.80 Å². The number of likely N-dealkylation sites (tertiary alicyclic amines) is 1. The second-order valence-electron chi connectivity index (χ2n) is 11.4. The predicted octanol–water partition coefficient (Wildman–Crippen LogP) is 4.10. The van der Waals surface area contributed by atoms with Gasteiger partial charge in [-0.15, -0.1) is 24.9 Å². The number of aliphatic hydroxyl groups excluding tert-OH is 1. The molecule has 5 atom stereocenters. The van der Waals surface area contributed by atoms with E-state index in [1.165, 1.54) is 6.42 Å². The van der Waals surface area contributed by atoms with Gasteiger partial charge in [0.1, 0.15) is 6.04 Å². The lowest BCUT2D eigenvalue weighted by molar-refractivity contribution is -0.155. The summed E-state index contributed by atoms with van der Waals surface area (Å²) in [6.45, 7) is 11.0.